The molecule has 0 amide bonds. The Bertz CT molecular complexity index is 1200. The van der Waals surface area contributed by atoms with Gasteiger partial charge < -0.3 is 18.9 Å². The third kappa shape index (κ3) is 42.9. The van der Waals surface area contributed by atoms with E-state index in [9.17, 15) is 19.0 Å². The molecule has 9 nitrogen and oxygen atoms in total. The van der Waals surface area contributed by atoms with E-state index in [4.69, 9.17) is 18.5 Å². The monoisotopic (exact) mass is 821 g/mol. The van der Waals surface area contributed by atoms with Crippen LogP contribution in [0.2, 0.25) is 0 Å². The summed E-state index contributed by atoms with van der Waals surface area (Å²) in [6.45, 7) is 4.28. The Labute approximate surface area is 348 Å². The van der Waals surface area contributed by atoms with Crippen LogP contribution in [0.25, 0.3) is 0 Å². The molecule has 0 aliphatic carbocycles. The summed E-state index contributed by atoms with van der Waals surface area (Å²) >= 11 is 0. The Balaban J connectivity index is 4.46. The first-order valence-electron chi connectivity index (χ1n) is 22.2. The molecule has 0 saturated heterocycles. The molecule has 0 aromatic heterocycles. The van der Waals surface area contributed by atoms with Crippen LogP contribution in [0.5, 0.6) is 0 Å². The van der Waals surface area contributed by atoms with Crippen LogP contribution in [0, 0.1) is 0 Å². The summed E-state index contributed by atoms with van der Waals surface area (Å²) in [4.78, 5) is 35.4. The Morgan fingerprint density at radius 2 is 0.965 bits per heavy atom. The first kappa shape index (κ1) is 54.5. The van der Waals surface area contributed by atoms with E-state index < -0.39 is 32.5 Å². The summed E-state index contributed by atoms with van der Waals surface area (Å²) in [5.74, 6) is -0.858. The molecule has 0 bridgehead atoms. The molecule has 10 heteroatoms. The number of quaternary nitrogens is 1. The average molecular weight is 821 g/mol. The molecule has 57 heavy (non-hydrogen) atoms. The first-order valence-corrected chi connectivity index (χ1v) is 23.7. The molecule has 0 aromatic rings. The third-order valence-corrected chi connectivity index (χ3v) is 9.94. The number of carbonyl (C=O) groups excluding carboxylic acids is 2. The van der Waals surface area contributed by atoms with Crippen LogP contribution >= 0.6 is 7.82 Å². The van der Waals surface area contributed by atoms with E-state index in [1.54, 1.807) is 0 Å². The molecule has 0 heterocycles. The lowest BCUT2D eigenvalue weighted by atomic mass is 10.1. The van der Waals surface area contributed by atoms with Gasteiger partial charge in [-0.3, -0.25) is 18.6 Å². The van der Waals surface area contributed by atoms with Crippen molar-refractivity contribution in [2.45, 2.75) is 168 Å². The Hall–Kier alpha value is -2.55. The Morgan fingerprint density at radius 1 is 0.544 bits per heavy atom. The highest BCUT2D eigenvalue weighted by atomic mass is 31.2. The number of rotatable bonds is 39. The number of hydrogen-bond acceptors (Lipinski definition) is 7. The van der Waals surface area contributed by atoms with Crippen LogP contribution in [-0.4, -0.2) is 74.9 Å². The standard InChI is InChI=1S/C47H82NO8P/c1-6-8-10-12-14-16-18-20-22-23-24-25-26-28-30-32-34-36-38-40-47(50)56-45(44-55-57(51,52)54-42-41-48(3,4)5)43-53-46(49)39-37-35-33-31-29-27-21-19-17-15-13-11-9-7-2/h13-16,19-22,24-25,28,30,45H,6-12,17-18,23,26-27,29,31-44H2,1-5H3/p+1/b15-13+,16-14+,21-19+,22-20+,25-24+,30-28+/t45-/m1/s1. The highest BCUT2D eigenvalue weighted by Gasteiger charge is 2.27. The van der Waals surface area contributed by atoms with E-state index in [2.05, 4.69) is 86.8 Å². The fourth-order valence-corrected chi connectivity index (χ4v) is 6.17. The molecular weight excluding hydrogens is 737 g/mol. The van der Waals surface area contributed by atoms with E-state index in [1.165, 1.54) is 38.5 Å². The summed E-state index contributed by atoms with van der Waals surface area (Å²) < 4.78 is 34.2. The quantitative estimate of drug-likeness (QED) is 0.0215. The van der Waals surface area contributed by atoms with E-state index in [1.807, 2.05) is 21.1 Å². The minimum atomic E-state index is -4.39. The number of phosphoric ester groups is 1. The molecule has 0 saturated carbocycles. The number of likely N-dealkylation sites (N-methyl/N-ethyl adjacent to an activating group) is 1. The van der Waals surface area contributed by atoms with E-state index in [-0.39, 0.29) is 26.1 Å². The molecule has 2 atom stereocenters. The van der Waals surface area contributed by atoms with Gasteiger partial charge in [-0.2, -0.15) is 0 Å². The van der Waals surface area contributed by atoms with Gasteiger partial charge in [0.1, 0.15) is 19.8 Å². The van der Waals surface area contributed by atoms with Crippen LogP contribution in [0.3, 0.4) is 0 Å². The molecular formula is C47H83NO8P+. The Kier molecular flexibility index (Phi) is 37.2. The van der Waals surface area contributed by atoms with Gasteiger partial charge >= 0.3 is 19.8 Å². The summed E-state index contributed by atoms with van der Waals surface area (Å²) in [5.41, 5.74) is 0. The molecule has 0 aliphatic rings. The number of carbonyl (C=O) groups is 2. The second kappa shape index (κ2) is 38.9. The topological polar surface area (TPSA) is 108 Å². The van der Waals surface area contributed by atoms with Gasteiger partial charge in [0, 0.05) is 12.8 Å². The van der Waals surface area contributed by atoms with Crippen molar-refractivity contribution < 1.29 is 42.1 Å². The van der Waals surface area contributed by atoms with Gasteiger partial charge in [0.2, 0.25) is 0 Å². The summed E-state index contributed by atoms with van der Waals surface area (Å²) in [5, 5.41) is 0. The lowest BCUT2D eigenvalue weighted by molar-refractivity contribution is -0.870. The van der Waals surface area contributed by atoms with Crippen LogP contribution < -0.4 is 0 Å². The smallest absolute Gasteiger partial charge is 0.462 e. The van der Waals surface area contributed by atoms with Crippen LogP contribution in [0.1, 0.15) is 162 Å². The van der Waals surface area contributed by atoms with Gasteiger partial charge in [-0.25, -0.2) is 4.57 Å². The predicted molar refractivity (Wildman–Crippen MR) is 238 cm³/mol. The minimum absolute atomic E-state index is 0.0191. The number of ether oxygens (including phenoxy) is 2. The van der Waals surface area contributed by atoms with E-state index >= 15 is 0 Å². The van der Waals surface area contributed by atoms with Crippen LogP contribution in [0.15, 0.2) is 72.9 Å². The number of unbranched alkanes of at least 4 members (excludes halogenated alkanes) is 13. The maximum Gasteiger partial charge on any atom is 0.472 e. The molecule has 1 N–H and O–H groups in total. The van der Waals surface area contributed by atoms with Crippen LogP contribution in [-0.2, 0) is 32.7 Å². The van der Waals surface area contributed by atoms with Gasteiger partial charge in [0.25, 0.3) is 0 Å². The molecule has 0 radical (unpaired) electrons. The number of allylic oxidation sites excluding steroid dienone is 12. The second-order valence-corrected chi connectivity index (χ2v) is 17.2. The van der Waals surface area contributed by atoms with Gasteiger partial charge in [-0.05, 0) is 83.5 Å². The Morgan fingerprint density at radius 3 is 1.47 bits per heavy atom. The van der Waals surface area contributed by atoms with Crippen molar-refractivity contribution in [1.82, 2.24) is 0 Å². The molecule has 328 valence electrons. The van der Waals surface area contributed by atoms with Crippen molar-refractivity contribution in [2.24, 2.45) is 0 Å². The number of esters is 2. The van der Waals surface area contributed by atoms with Gasteiger partial charge in [-0.1, -0.05) is 138 Å². The molecule has 0 aromatic carbocycles. The predicted octanol–water partition coefficient (Wildman–Crippen LogP) is 12.6. The minimum Gasteiger partial charge on any atom is -0.462 e. The fraction of sp³-hybridized carbons (Fsp3) is 0.702. The first-order chi connectivity index (χ1) is 27.5. The van der Waals surface area contributed by atoms with Crippen molar-refractivity contribution in [3.8, 4) is 0 Å². The SMILES string of the molecule is CCCC/C=C/C/C=C/CCCCCCCC(=O)OC[C@H](COP(=O)(O)OCC[N+](C)(C)C)OC(=O)CCCCC/C=C/C/C=C/C/C=C/C/C=C/CCCCC. The third-order valence-electron chi connectivity index (χ3n) is 8.96. The van der Waals surface area contributed by atoms with E-state index in [0.29, 0.717) is 23.9 Å². The lowest BCUT2D eigenvalue weighted by Gasteiger charge is -2.24. The molecule has 0 aliphatic heterocycles. The summed E-state index contributed by atoms with van der Waals surface area (Å²) in [6, 6.07) is 0. The van der Waals surface area contributed by atoms with Gasteiger partial charge in [0.05, 0.1) is 27.7 Å². The van der Waals surface area contributed by atoms with Gasteiger partial charge in [-0.15, -0.1) is 0 Å². The maximum absolute atomic E-state index is 12.7. The van der Waals surface area contributed by atoms with E-state index in [0.717, 1.165) is 83.5 Å². The zero-order valence-corrected chi connectivity index (χ0v) is 37.7. The number of hydrogen-bond donors (Lipinski definition) is 1. The van der Waals surface area contributed by atoms with Crippen molar-refractivity contribution in [1.29, 1.82) is 0 Å². The number of phosphoric acid groups is 1. The summed E-state index contributed by atoms with van der Waals surface area (Å²) in [7, 11) is 1.43. The van der Waals surface area contributed by atoms with Crippen molar-refractivity contribution >= 4 is 19.8 Å². The highest BCUT2D eigenvalue weighted by molar-refractivity contribution is 7.47. The summed E-state index contributed by atoms with van der Waals surface area (Å²) in [6.07, 6.45) is 48.0. The van der Waals surface area contributed by atoms with Crippen molar-refractivity contribution in [2.75, 3.05) is 47.5 Å². The fourth-order valence-electron chi connectivity index (χ4n) is 5.42. The number of nitrogens with zero attached hydrogens (tertiary/aromatic N) is 1. The van der Waals surface area contributed by atoms with Crippen molar-refractivity contribution in [3.63, 3.8) is 0 Å². The average Bonchev–Trinajstić information content (AvgIpc) is 3.16. The molecule has 0 fully saturated rings. The highest BCUT2D eigenvalue weighted by Crippen LogP contribution is 2.43. The zero-order chi connectivity index (χ0) is 42.1. The van der Waals surface area contributed by atoms with Crippen LogP contribution in [0.4, 0.5) is 0 Å². The molecule has 0 rings (SSSR count). The van der Waals surface area contributed by atoms with Gasteiger partial charge in [0.15, 0.2) is 6.10 Å². The lowest BCUT2D eigenvalue weighted by Crippen LogP contribution is -2.37. The molecule has 0 spiro atoms. The molecule has 1 unspecified atom stereocenters. The normalized spacial score (nSPS) is 14.3. The van der Waals surface area contributed by atoms with Crippen molar-refractivity contribution in [3.05, 3.63) is 72.9 Å². The zero-order valence-electron chi connectivity index (χ0n) is 36.8. The largest absolute Gasteiger partial charge is 0.472 e. The second-order valence-electron chi connectivity index (χ2n) is 15.7. The maximum atomic E-state index is 12.7.